The van der Waals surface area contributed by atoms with Crippen molar-refractivity contribution < 1.29 is 4.39 Å². The summed E-state index contributed by atoms with van der Waals surface area (Å²) in [5.74, 6) is 0.147. The van der Waals surface area contributed by atoms with Gasteiger partial charge in [-0.3, -0.25) is 0 Å². The first-order chi connectivity index (χ1) is 6.25. The van der Waals surface area contributed by atoms with Crippen LogP contribution in [0.15, 0.2) is 36.8 Å². The van der Waals surface area contributed by atoms with Crippen molar-refractivity contribution in [3.63, 3.8) is 0 Å². The minimum atomic E-state index is -0.273. The lowest BCUT2D eigenvalue weighted by Crippen LogP contribution is -1.90. The van der Waals surface area contributed by atoms with E-state index >= 15 is 0 Å². The Hall–Kier alpha value is -1.55. The lowest BCUT2D eigenvalue weighted by Gasteiger charge is -2.00. The second kappa shape index (κ2) is 4.11. The molecule has 2 aromatic rings. The van der Waals surface area contributed by atoms with E-state index in [1.165, 1.54) is 12.1 Å². The van der Waals surface area contributed by atoms with Gasteiger partial charge in [-0.1, -0.05) is 6.07 Å². The van der Waals surface area contributed by atoms with Gasteiger partial charge in [0.25, 0.3) is 0 Å². The smallest absolute Gasteiger partial charge is 0.141 e. The van der Waals surface area contributed by atoms with E-state index in [1.807, 2.05) is 0 Å². The zero-order valence-electron chi connectivity index (χ0n) is 7.22. The largest absolute Gasteiger partial charge is 0.382 e. The van der Waals surface area contributed by atoms with Crippen LogP contribution in [0.4, 0.5) is 10.2 Å². The summed E-state index contributed by atoms with van der Waals surface area (Å²) in [5, 5.41) is 0. The third-order valence-electron chi connectivity index (χ3n) is 1.71. The van der Waals surface area contributed by atoms with E-state index in [0.29, 0.717) is 11.5 Å². The number of hydrogen-bond acceptors (Lipinski definition) is 2. The van der Waals surface area contributed by atoms with Crippen LogP contribution >= 0.6 is 12.4 Å². The van der Waals surface area contributed by atoms with Crippen LogP contribution in [0.5, 0.6) is 0 Å². The van der Waals surface area contributed by atoms with Crippen LogP contribution in [0.2, 0.25) is 0 Å². The first-order valence-corrected chi connectivity index (χ1v) is 3.81. The highest BCUT2D eigenvalue weighted by molar-refractivity contribution is 5.85. The lowest BCUT2D eigenvalue weighted by molar-refractivity contribution is 0.626. The molecule has 0 aliphatic carbocycles. The van der Waals surface area contributed by atoms with Gasteiger partial charge >= 0.3 is 0 Å². The molecule has 1 aromatic carbocycles. The van der Waals surface area contributed by atoms with Crippen LogP contribution in [0, 0.1) is 5.82 Å². The molecule has 5 heteroatoms. The van der Waals surface area contributed by atoms with Crippen LogP contribution in [0.1, 0.15) is 0 Å². The summed E-state index contributed by atoms with van der Waals surface area (Å²) in [6.45, 7) is 0. The number of hydrogen-bond donors (Lipinski definition) is 1. The van der Waals surface area contributed by atoms with Crippen molar-refractivity contribution in [1.29, 1.82) is 0 Å². The average Bonchev–Trinajstić information content (AvgIpc) is 2.52. The molecule has 14 heavy (non-hydrogen) atoms. The van der Waals surface area contributed by atoms with Gasteiger partial charge in [-0.2, -0.15) is 0 Å². The van der Waals surface area contributed by atoms with Crippen molar-refractivity contribution >= 4 is 18.2 Å². The molecule has 0 bridgehead atoms. The number of nitrogens with two attached hydrogens (primary N) is 1. The first-order valence-electron chi connectivity index (χ1n) is 3.81. The van der Waals surface area contributed by atoms with Gasteiger partial charge < -0.3 is 10.3 Å². The lowest BCUT2D eigenvalue weighted by atomic mass is 10.3. The summed E-state index contributed by atoms with van der Waals surface area (Å²) >= 11 is 0. The Morgan fingerprint density at radius 2 is 2.14 bits per heavy atom. The normalized spacial score (nSPS) is 9.50. The van der Waals surface area contributed by atoms with E-state index in [1.54, 1.807) is 29.2 Å². The summed E-state index contributed by atoms with van der Waals surface area (Å²) < 4.78 is 14.5. The summed E-state index contributed by atoms with van der Waals surface area (Å²) in [6.07, 6.45) is 3.18. The molecule has 0 radical (unpaired) electrons. The molecule has 0 unspecified atom stereocenters. The van der Waals surface area contributed by atoms with Crippen molar-refractivity contribution in [2.75, 3.05) is 5.73 Å². The molecule has 0 aliphatic rings. The number of nitrogen functional groups attached to an aromatic ring is 1. The van der Waals surface area contributed by atoms with Gasteiger partial charge in [0, 0.05) is 5.69 Å². The zero-order valence-corrected chi connectivity index (χ0v) is 8.04. The molecular weight excluding hydrogens is 205 g/mol. The molecule has 0 atom stereocenters. The van der Waals surface area contributed by atoms with Crippen LogP contribution in [-0.2, 0) is 0 Å². The minimum Gasteiger partial charge on any atom is -0.382 e. The van der Waals surface area contributed by atoms with Gasteiger partial charge in [0.2, 0.25) is 0 Å². The van der Waals surface area contributed by atoms with Gasteiger partial charge in [-0.25, -0.2) is 9.37 Å². The fraction of sp³-hybridized carbons (Fsp3) is 0. The van der Waals surface area contributed by atoms with Crippen molar-refractivity contribution in [2.45, 2.75) is 0 Å². The highest BCUT2D eigenvalue weighted by Gasteiger charge is 1.98. The molecule has 0 aliphatic heterocycles. The maximum atomic E-state index is 12.8. The second-order valence-corrected chi connectivity index (χ2v) is 2.69. The van der Waals surface area contributed by atoms with Gasteiger partial charge in [0.15, 0.2) is 0 Å². The second-order valence-electron chi connectivity index (χ2n) is 2.69. The number of rotatable bonds is 1. The van der Waals surface area contributed by atoms with E-state index < -0.39 is 0 Å². The molecule has 0 spiro atoms. The highest BCUT2D eigenvalue weighted by atomic mass is 35.5. The van der Waals surface area contributed by atoms with Gasteiger partial charge in [0.1, 0.15) is 18.0 Å². The molecule has 0 amide bonds. The Labute approximate surface area is 86.8 Å². The Morgan fingerprint density at radius 1 is 1.36 bits per heavy atom. The molecule has 0 saturated carbocycles. The quantitative estimate of drug-likeness (QED) is 0.788. The molecule has 3 nitrogen and oxygen atoms in total. The predicted molar refractivity (Wildman–Crippen MR) is 55.2 cm³/mol. The Kier molecular flexibility index (Phi) is 3.09. The van der Waals surface area contributed by atoms with Crippen molar-refractivity contribution in [3.05, 3.63) is 42.6 Å². The molecule has 0 saturated heterocycles. The fourth-order valence-corrected chi connectivity index (χ4v) is 1.12. The standard InChI is InChI=1S/C9H8FN3.ClH/c10-7-2-1-3-8(4-7)13-5-9(11)12-6-13;/h1-6H,11H2;1H. The Morgan fingerprint density at radius 3 is 2.71 bits per heavy atom. The Balaban J connectivity index is 0.000000980. The topological polar surface area (TPSA) is 43.8 Å². The third kappa shape index (κ3) is 2.03. The molecular formula is C9H9ClFN3. The van der Waals surface area contributed by atoms with E-state index in [0.717, 1.165) is 0 Å². The maximum absolute atomic E-state index is 12.8. The van der Waals surface area contributed by atoms with Crippen LogP contribution < -0.4 is 5.73 Å². The predicted octanol–water partition coefficient (Wildman–Crippen LogP) is 2.02. The molecule has 1 heterocycles. The van der Waals surface area contributed by atoms with Gasteiger partial charge in [0.05, 0.1) is 6.20 Å². The highest BCUT2D eigenvalue weighted by Crippen LogP contribution is 2.10. The molecule has 0 fully saturated rings. The van der Waals surface area contributed by atoms with Crippen LogP contribution in [-0.4, -0.2) is 9.55 Å². The van der Waals surface area contributed by atoms with E-state index in [4.69, 9.17) is 5.73 Å². The van der Waals surface area contributed by atoms with E-state index in [9.17, 15) is 4.39 Å². The average molecular weight is 214 g/mol. The SMILES string of the molecule is Cl.Nc1cn(-c2cccc(F)c2)cn1. The number of anilines is 1. The number of benzene rings is 1. The number of imidazole rings is 1. The van der Waals surface area contributed by atoms with Crippen molar-refractivity contribution in [2.24, 2.45) is 0 Å². The van der Waals surface area contributed by atoms with Crippen LogP contribution in [0.25, 0.3) is 5.69 Å². The van der Waals surface area contributed by atoms with Crippen molar-refractivity contribution in [3.8, 4) is 5.69 Å². The fourth-order valence-electron chi connectivity index (χ4n) is 1.12. The first kappa shape index (κ1) is 10.5. The molecule has 2 N–H and O–H groups in total. The molecule has 1 aromatic heterocycles. The zero-order chi connectivity index (χ0) is 9.26. The number of halogens is 2. The third-order valence-corrected chi connectivity index (χ3v) is 1.71. The minimum absolute atomic E-state index is 0. The molecule has 74 valence electrons. The number of nitrogens with zero attached hydrogens (tertiary/aromatic N) is 2. The van der Waals surface area contributed by atoms with Gasteiger partial charge in [-0.15, -0.1) is 12.4 Å². The number of aromatic nitrogens is 2. The molecule has 2 rings (SSSR count). The summed E-state index contributed by atoms with van der Waals surface area (Å²) in [4.78, 5) is 3.84. The monoisotopic (exact) mass is 213 g/mol. The Bertz CT molecular complexity index is 428. The van der Waals surface area contributed by atoms with E-state index in [2.05, 4.69) is 4.98 Å². The van der Waals surface area contributed by atoms with Crippen LogP contribution in [0.3, 0.4) is 0 Å². The summed E-state index contributed by atoms with van der Waals surface area (Å²) in [7, 11) is 0. The maximum Gasteiger partial charge on any atom is 0.141 e. The summed E-state index contributed by atoms with van der Waals surface area (Å²) in [5.41, 5.74) is 6.14. The van der Waals surface area contributed by atoms with E-state index in [-0.39, 0.29) is 18.2 Å². The van der Waals surface area contributed by atoms with Gasteiger partial charge in [-0.05, 0) is 18.2 Å². The summed E-state index contributed by atoms with van der Waals surface area (Å²) in [6, 6.07) is 6.23. The van der Waals surface area contributed by atoms with Crippen molar-refractivity contribution in [1.82, 2.24) is 9.55 Å².